The molecular weight excluding hydrogens is 504 g/mol. The van der Waals surface area contributed by atoms with Crippen LogP contribution >= 0.6 is 0 Å². The van der Waals surface area contributed by atoms with Gasteiger partial charge in [-0.25, -0.2) is 0 Å². The van der Waals surface area contributed by atoms with Gasteiger partial charge in [0.1, 0.15) is 16.7 Å². The molecule has 0 bridgehead atoms. The average Bonchev–Trinajstić information content (AvgIpc) is 3.70. The van der Waals surface area contributed by atoms with E-state index in [2.05, 4.69) is 83.4 Å². The van der Waals surface area contributed by atoms with Crippen LogP contribution in [-0.2, 0) is 0 Å². The summed E-state index contributed by atoms with van der Waals surface area (Å²) in [5.41, 5.74) is 9.36. The molecule has 0 aliphatic rings. The summed E-state index contributed by atoms with van der Waals surface area (Å²) in [7, 11) is 0. The first-order chi connectivity index (χ1) is 20.3. The average molecular weight is 525 g/mol. The minimum absolute atomic E-state index is 0.646. The zero-order valence-electron chi connectivity index (χ0n) is 21.8. The fourth-order valence-corrected chi connectivity index (χ4v) is 6.53. The molecule has 0 saturated carbocycles. The van der Waals surface area contributed by atoms with Gasteiger partial charge in [0.2, 0.25) is 0 Å². The minimum atomic E-state index is 0.646. The number of para-hydroxylation sites is 3. The van der Waals surface area contributed by atoms with Crippen LogP contribution in [0.1, 0.15) is 5.56 Å². The fourth-order valence-electron chi connectivity index (χ4n) is 6.53. The molecular formula is C37H20N2O2. The molecule has 0 unspecified atom stereocenters. The lowest BCUT2D eigenvalue weighted by atomic mass is 9.95. The third kappa shape index (κ3) is 2.98. The minimum Gasteiger partial charge on any atom is -0.456 e. The van der Waals surface area contributed by atoms with E-state index in [1.807, 2.05) is 48.5 Å². The van der Waals surface area contributed by atoms with Crippen LogP contribution in [0.3, 0.4) is 0 Å². The topological polar surface area (TPSA) is 55.0 Å². The smallest absolute Gasteiger partial charge is 0.159 e. The highest BCUT2D eigenvalue weighted by Gasteiger charge is 2.21. The third-order valence-electron chi connectivity index (χ3n) is 8.24. The van der Waals surface area contributed by atoms with Crippen LogP contribution in [0.25, 0.3) is 82.5 Å². The normalized spacial score (nSPS) is 11.9. The predicted molar refractivity (Wildman–Crippen MR) is 165 cm³/mol. The highest BCUT2D eigenvalue weighted by molar-refractivity contribution is 6.20. The van der Waals surface area contributed by atoms with Crippen molar-refractivity contribution in [2.45, 2.75) is 0 Å². The van der Waals surface area contributed by atoms with Gasteiger partial charge in [0.05, 0.1) is 28.4 Å². The van der Waals surface area contributed by atoms with E-state index < -0.39 is 0 Å². The number of hydrogen-bond acceptors (Lipinski definition) is 3. The van der Waals surface area contributed by atoms with E-state index in [0.29, 0.717) is 5.56 Å². The first kappa shape index (κ1) is 22.1. The molecule has 0 aliphatic carbocycles. The van der Waals surface area contributed by atoms with E-state index in [4.69, 9.17) is 8.83 Å². The Hall–Kier alpha value is -5.79. The van der Waals surface area contributed by atoms with Crippen molar-refractivity contribution in [2.75, 3.05) is 0 Å². The molecule has 3 heterocycles. The zero-order valence-corrected chi connectivity index (χ0v) is 21.8. The fraction of sp³-hybridized carbons (Fsp3) is 0. The summed E-state index contributed by atoms with van der Waals surface area (Å²) in [6.07, 6.45) is 0. The van der Waals surface area contributed by atoms with E-state index in [1.54, 1.807) is 0 Å². The van der Waals surface area contributed by atoms with E-state index >= 15 is 0 Å². The standard InChI is InChI=1S/C37H20N2O2/c38-21-22-18-19-30-28(20-22)23-8-1-3-13-29(23)39(30)31-14-5-12-27-36-25(11-7-17-34(36)41-37(27)31)24-10-6-16-33-35(24)26-9-2-4-15-32(26)40-33/h1-20H. The Labute approximate surface area is 233 Å². The number of nitrogens with zero attached hydrogens (tertiary/aromatic N) is 2. The van der Waals surface area contributed by atoms with E-state index in [9.17, 15) is 5.26 Å². The molecule has 190 valence electrons. The first-order valence-corrected chi connectivity index (χ1v) is 13.6. The maximum absolute atomic E-state index is 9.57. The van der Waals surface area contributed by atoms with Crippen LogP contribution in [-0.4, -0.2) is 4.57 Å². The van der Waals surface area contributed by atoms with Crippen molar-refractivity contribution in [1.29, 1.82) is 5.26 Å². The Morgan fingerprint density at radius 1 is 0.512 bits per heavy atom. The Bertz CT molecular complexity index is 2550. The molecule has 9 aromatic rings. The van der Waals surface area contributed by atoms with Crippen molar-refractivity contribution in [3.05, 3.63) is 127 Å². The van der Waals surface area contributed by atoms with Gasteiger partial charge in [-0.15, -0.1) is 0 Å². The van der Waals surface area contributed by atoms with Gasteiger partial charge in [0, 0.05) is 32.3 Å². The summed E-state index contributed by atoms with van der Waals surface area (Å²) in [5.74, 6) is 0. The molecule has 9 rings (SSSR count). The third-order valence-corrected chi connectivity index (χ3v) is 8.24. The van der Waals surface area contributed by atoms with E-state index in [0.717, 1.165) is 82.5 Å². The summed E-state index contributed by atoms with van der Waals surface area (Å²) < 4.78 is 15.2. The van der Waals surface area contributed by atoms with Crippen molar-refractivity contribution in [2.24, 2.45) is 0 Å². The van der Waals surface area contributed by atoms with Gasteiger partial charge in [-0.1, -0.05) is 72.8 Å². The maximum atomic E-state index is 9.57. The number of benzene rings is 6. The number of hydrogen-bond donors (Lipinski definition) is 0. The molecule has 0 aliphatic heterocycles. The molecule has 4 heteroatoms. The van der Waals surface area contributed by atoms with Gasteiger partial charge < -0.3 is 13.4 Å². The molecule has 0 saturated heterocycles. The van der Waals surface area contributed by atoms with Crippen LogP contribution in [0.5, 0.6) is 0 Å². The molecule has 0 fully saturated rings. The van der Waals surface area contributed by atoms with Crippen LogP contribution < -0.4 is 0 Å². The van der Waals surface area contributed by atoms with Crippen molar-refractivity contribution in [3.8, 4) is 22.9 Å². The Morgan fingerprint density at radius 2 is 1.15 bits per heavy atom. The number of furan rings is 2. The molecule has 0 spiro atoms. The summed E-state index contributed by atoms with van der Waals surface area (Å²) in [6, 6.07) is 43.6. The molecule has 4 nitrogen and oxygen atoms in total. The lowest BCUT2D eigenvalue weighted by Crippen LogP contribution is -1.94. The van der Waals surface area contributed by atoms with Crippen LogP contribution in [0.15, 0.2) is 130 Å². The summed E-state index contributed by atoms with van der Waals surface area (Å²) in [5, 5.41) is 16.1. The summed E-state index contributed by atoms with van der Waals surface area (Å²) in [6.45, 7) is 0. The maximum Gasteiger partial charge on any atom is 0.159 e. The SMILES string of the molecule is N#Cc1ccc2c(c1)c1ccccc1n2-c1cccc2c1oc1cccc(-c3cccc4oc5ccccc5c34)c12. The molecule has 0 atom stereocenters. The second-order valence-electron chi connectivity index (χ2n) is 10.4. The van der Waals surface area contributed by atoms with Crippen LogP contribution in [0.2, 0.25) is 0 Å². The molecule has 41 heavy (non-hydrogen) atoms. The number of rotatable bonds is 2. The van der Waals surface area contributed by atoms with Crippen LogP contribution in [0.4, 0.5) is 0 Å². The van der Waals surface area contributed by atoms with Gasteiger partial charge in [-0.2, -0.15) is 5.26 Å². The molecule has 0 amide bonds. The van der Waals surface area contributed by atoms with Crippen LogP contribution in [0, 0.1) is 11.3 Å². The first-order valence-electron chi connectivity index (χ1n) is 13.6. The lowest BCUT2D eigenvalue weighted by molar-refractivity contribution is 0.666. The Balaban J connectivity index is 1.38. The quantitative estimate of drug-likeness (QED) is 0.226. The molecule has 0 N–H and O–H groups in total. The number of fused-ring (bicyclic) bond motifs is 9. The number of aromatic nitrogens is 1. The van der Waals surface area contributed by atoms with Crippen molar-refractivity contribution in [3.63, 3.8) is 0 Å². The second-order valence-corrected chi connectivity index (χ2v) is 10.4. The molecule has 3 aromatic heterocycles. The predicted octanol–water partition coefficient (Wildman–Crippen LogP) is 10.1. The van der Waals surface area contributed by atoms with Gasteiger partial charge in [0.25, 0.3) is 0 Å². The van der Waals surface area contributed by atoms with E-state index in [-0.39, 0.29) is 0 Å². The van der Waals surface area contributed by atoms with E-state index in [1.165, 1.54) is 0 Å². The molecule has 6 aromatic carbocycles. The van der Waals surface area contributed by atoms with Crippen molar-refractivity contribution in [1.82, 2.24) is 4.57 Å². The van der Waals surface area contributed by atoms with Crippen molar-refractivity contribution >= 4 is 65.7 Å². The van der Waals surface area contributed by atoms with Gasteiger partial charge >= 0.3 is 0 Å². The zero-order chi connectivity index (χ0) is 27.1. The monoisotopic (exact) mass is 524 g/mol. The van der Waals surface area contributed by atoms with Crippen molar-refractivity contribution < 1.29 is 8.83 Å². The second kappa shape index (κ2) is 8.11. The molecule has 0 radical (unpaired) electrons. The summed E-state index contributed by atoms with van der Waals surface area (Å²) >= 11 is 0. The Morgan fingerprint density at radius 3 is 1.98 bits per heavy atom. The van der Waals surface area contributed by atoms with Gasteiger partial charge in [-0.05, 0) is 59.7 Å². The highest BCUT2D eigenvalue weighted by atomic mass is 16.3. The largest absolute Gasteiger partial charge is 0.456 e. The Kier molecular flexibility index (Phi) is 4.37. The van der Waals surface area contributed by atoms with Gasteiger partial charge in [-0.3, -0.25) is 0 Å². The number of nitriles is 1. The highest BCUT2D eigenvalue weighted by Crippen LogP contribution is 2.44. The van der Waals surface area contributed by atoms with Gasteiger partial charge in [0.15, 0.2) is 5.58 Å². The summed E-state index contributed by atoms with van der Waals surface area (Å²) in [4.78, 5) is 0. The lowest BCUT2D eigenvalue weighted by Gasteiger charge is -2.09.